The molecule has 0 aliphatic carbocycles. The summed E-state index contributed by atoms with van der Waals surface area (Å²) in [5, 5.41) is 0. The van der Waals surface area contributed by atoms with Crippen LogP contribution in [0, 0.1) is 5.82 Å². The predicted molar refractivity (Wildman–Crippen MR) is 51.8 cm³/mol. The molecular formula is C10H8FN3. The highest BCUT2D eigenvalue weighted by Gasteiger charge is 1.99. The minimum atomic E-state index is -0.350. The summed E-state index contributed by atoms with van der Waals surface area (Å²) in [6.45, 7) is 0. The highest BCUT2D eigenvalue weighted by molar-refractivity contribution is 5.58. The number of rotatable bonds is 1. The molecule has 0 spiro atoms. The van der Waals surface area contributed by atoms with Gasteiger partial charge in [-0.3, -0.25) is 4.98 Å². The fourth-order valence-electron chi connectivity index (χ4n) is 1.10. The van der Waals surface area contributed by atoms with Gasteiger partial charge < -0.3 is 5.73 Å². The smallest absolute Gasteiger partial charge is 0.141 e. The van der Waals surface area contributed by atoms with Gasteiger partial charge in [0.2, 0.25) is 0 Å². The Balaban J connectivity index is 2.40. The summed E-state index contributed by atoms with van der Waals surface area (Å²) in [7, 11) is 0. The first kappa shape index (κ1) is 8.62. The van der Waals surface area contributed by atoms with Crippen molar-refractivity contribution in [3.05, 3.63) is 42.5 Å². The number of nitrogens with zero attached hydrogens (tertiary/aromatic N) is 2. The van der Waals surface area contributed by atoms with Crippen molar-refractivity contribution in [1.29, 1.82) is 0 Å². The van der Waals surface area contributed by atoms with E-state index < -0.39 is 0 Å². The summed E-state index contributed by atoms with van der Waals surface area (Å²) < 4.78 is 12.6. The second kappa shape index (κ2) is 3.41. The summed E-state index contributed by atoms with van der Waals surface area (Å²) in [5.74, 6) is 0.105. The van der Waals surface area contributed by atoms with Crippen LogP contribution in [-0.2, 0) is 0 Å². The molecule has 70 valence electrons. The van der Waals surface area contributed by atoms with Crippen LogP contribution in [0.25, 0.3) is 11.3 Å². The first-order valence-corrected chi connectivity index (χ1v) is 4.09. The van der Waals surface area contributed by atoms with E-state index in [9.17, 15) is 4.39 Å². The van der Waals surface area contributed by atoms with Gasteiger partial charge in [-0.1, -0.05) is 0 Å². The lowest BCUT2D eigenvalue weighted by Crippen LogP contribution is -1.90. The monoisotopic (exact) mass is 189 g/mol. The number of nitrogens with two attached hydrogens (primary N) is 1. The van der Waals surface area contributed by atoms with E-state index in [1.165, 1.54) is 12.3 Å². The van der Waals surface area contributed by atoms with Gasteiger partial charge in [0.05, 0.1) is 11.9 Å². The van der Waals surface area contributed by atoms with Gasteiger partial charge in [0.1, 0.15) is 11.6 Å². The lowest BCUT2D eigenvalue weighted by molar-refractivity contribution is 0.622. The Hall–Kier alpha value is -1.97. The van der Waals surface area contributed by atoms with Gasteiger partial charge >= 0.3 is 0 Å². The topological polar surface area (TPSA) is 51.8 Å². The minimum Gasteiger partial charge on any atom is -0.384 e. The van der Waals surface area contributed by atoms with Gasteiger partial charge in [-0.05, 0) is 24.3 Å². The lowest BCUT2D eigenvalue weighted by Gasteiger charge is -1.99. The summed E-state index contributed by atoms with van der Waals surface area (Å²) in [4.78, 5) is 7.84. The van der Waals surface area contributed by atoms with E-state index in [4.69, 9.17) is 5.73 Å². The van der Waals surface area contributed by atoms with E-state index in [1.807, 2.05) is 0 Å². The molecule has 0 radical (unpaired) electrons. The van der Waals surface area contributed by atoms with E-state index in [-0.39, 0.29) is 5.82 Å². The fourth-order valence-corrected chi connectivity index (χ4v) is 1.10. The summed E-state index contributed by atoms with van der Waals surface area (Å²) in [5.41, 5.74) is 6.94. The van der Waals surface area contributed by atoms with E-state index in [2.05, 4.69) is 9.97 Å². The molecule has 0 amide bonds. The van der Waals surface area contributed by atoms with Crippen molar-refractivity contribution in [2.45, 2.75) is 0 Å². The first-order chi connectivity index (χ1) is 6.75. The Kier molecular flexibility index (Phi) is 2.10. The van der Waals surface area contributed by atoms with Gasteiger partial charge in [-0.2, -0.15) is 0 Å². The lowest BCUT2D eigenvalue weighted by atomic mass is 10.2. The van der Waals surface area contributed by atoms with Crippen LogP contribution in [0.15, 0.2) is 36.7 Å². The molecule has 2 aromatic rings. The van der Waals surface area contributed by atoms with E-state index >= 15 is 0 Å². The van der Waals surface area contributed by atoms with Crippen molar-refractivity contribution < 1.29 is 4.39 Å². The van der Waals surface area contributed by atoms with Crippen LogP contribution in [0.1, 0.15) is 0 Å². The Bertz CT molecular complexity index is 379. The van der Waals surface area contributed by atoms with Crippen molar-refractivity contribution in [3.63, 3.8) is 0 Å². The van der Waals surface area contributed by atoms with Crippen molar-refractivity contribution >= 4 is 5.82 Å². The van der Waals surface area contributed by atoms with Gasteiger partial charge in [0.15, 0.2) is 0 Å². The zero-order chi connectivity index (χ0) is 9.97. The quantitative estimate of drug-likeness (QED) is 0.744. The number of anilines is 1. The summed E-state index contributed by atoms with van der Waals surface area (Å²) >= 11 is 0. The second-order valence-electron chi connectivity index (χ2n) is 2.83. The van der Waals surface area contributed by atoms with Crippen molar-refractivity contribution in [3.8, 4) is 11.3 Å². The van der Waals surface area contributed by atoms with E-state index in [0.717, 1.165) is 5.56 Å². The van der Waals surface area contributed by atoms with E-state index in [1.54, 1.807) is 24.4 Å². The molecule has 14 heavy (non-hydrogen) atoms. The molecule has 2 aromatic heterocycles. The molecule has 0 aliphatic rings. The highest BCUT2D eigenvalue weighted by atomic mass is 19.1. The van der Waals surface area contributed by atoms with Crippen LogP contribution >= 0.6 is 0 Å². The molecule has 2 N–H and O–H groups in total. The molecule has 0 saturated carbocycles. The average molecular weight is 189 g/mol. The molecule has 0 saturated heterocycles. The minimum absolute atomic E-state index is 0.350. The number of hydrogen-bond donors (Lipinski definition) is 1. The maximum Gasteiger partial charge on any atom is 0.141 e. The maximum atomic E-state index is 12.6. The summed E-state index contributed by atoms with van der Waals surface area (Å²) in [6, 6.07) is 6.43. The van der Waals surface area contributed by atoms with Gasteiger partial charge in [0, 0.05) is 11.8 Å². The molecule has 0 aliphatic heterocycles. The molecule has 0 aromatic carbocycles. The summed E-state index contributed by atoms with van der Waals surface area (Å²) in [6.07, 6.45) is 2.78. The van der Waals surface area contributed by atoms with Crippen LogP contribution in [-0.4, -0.2) is 9.97 Å². The zero-order valence-electron chi connectivity index (χ0n) is 7.31. The maximum absolute atomic E-state index is 12.6. The first-order valence-electron chi connectivity index (χ1n) is 4.09. The van der Waals surface area contributed by atoms with E-state index in [0.29, 0.717) is 11.5 Å². The zero-order valence-corrected chi connectivity index (χ0v) is 7.31. The average Bonchev–Trinajstić information content (AvgIpc) is 2.21. The fraction of sp³-hybridized carbons (Fsp3) is 0. The number of nitrogen functional groups attached to an aromatic ring is 1. The Labute approximate surface area is 80.4 Å². The highest BCUT2D eigenvalue weighted by Crippen LogP contribution is 2.15. The van der Waals surface area contributed by atoms with Crippen LogP contribution in [0.3, 0.4) is 0 Å². The third-order valence-corrected chi connectivity index (χ3v) is 1.81. The molecule has 2 heterocycles. The Morgan fingerprint density at radius 3 is 2.43 bits per heavy atom. The van der Waals surface area contributed by atoms with Gasteiger partial charge in [0.25, 0.3) is 0 Å². The normalized spacial score (nSPS) is 10.1. The molecule has 0 atom stereocenters. The van der Waals surface area contributed by atoms with Crippen molar-refractivity contribution in [2.24, 2.45) is 0 Å². The number of hydrogen-bond acceptors (Lipinski definition) is 3. The molecule has 2 rings (SSSR count). The predicted octanol–water partition coefficient (Wildman–Crippen LogP) is 1.86. The molecule has 0 fully saturated rings. The number of halogens is 1. The molecule has 0 unspecified atom stereocenters. The third kappa shape index (κ3) is 1.69. The van der Waals surface area contributed by atoms with Crippen molar-refractivity contribution in [1.82, 2.24) is 9.97 Å². The molecule has 0 bridgehead atoms. The Morgan fingerprint density at radius 2 is 1.86 bits per heavy atom. The van der Waals surface area contributed by atoms with Gasteiger partial charge in [-0.15, -0.1) is 0 Å². The van der Waals surface area contributed by atoms with Crippen LogP contribution in [0.4, 0.5) is 10.2 Å². The van der Waals surface area contributed by atoms with Gasteiger partial charge in [-0.25, -0.2) is 9.37 Å². The van der Waals surface area contributed by atoms with Crippen molar-refractivity contribution in [2.75, 3.05) is 5.73 Å². The molecule has 3 nitrogen and oxygen atoms in total. The van der Waals surface area contributed by atoms with Crippen LogP contribution in [0.5, 0.6) is 0 Å². The second-order valence-corrected chi connectivity index (χ2v) is 2.83. The SMILES string of the molecule is Nc1ccc(-c2ccc(F)cn2)cn1. The molecular weight excluding hydrogens is 181 g/mol. The standard InChI is InChI=1S/C10H8FN3/c11-8-2-3-9(13-6-8)7-1-4-10(12)14-5-7/h1-6H,(H2,12,14). The van der Waals surface area contributed by atoms with Crippen LogP contribution in [0.2, 0.25) is 0 Å². The third-order valence-electron chi connectivity index (χ3n) is 1.81. The number of pyridine rings is 2. The largest absolute Gasteiger partial charge is 0.384 e. The molecule has 4 heteroatoms. The van der Waals surface area contributed by atoms with Crippen LogP contribution < -0.4 is 5.73 Å². The Morgan fingerprint density at radius 1 is 1.00 bits per heavy atom. The number of aromatic nitrogens is 2.